The van der Waals surface area contributed by atoms with Gasteiger partial charge in [-0.15, -0.1) is 0 Å². The number of nitrogens with zero attached hydrogens (tertiary/aromatic N) is 2. The molecule has 170 valence electrons. The van der Waals surface area contributed by atoms with Gasteiger partial charge in [0.25, 0.3) is 0 Å². The maximum absolute atomic E-state index is 12.0. The van der Waals surface area contributed by atoms with E-state index in [1.54, 1.807) is 6.92 Å². The highest BCUT2D eigenvalue weighted by molar-refractivity contribution is 5.87. The molecule has 0 atom stereocenters. The lowest BCUT2D eigenvalue weighted by atomic mass is 10.0. The third-order valence-electron chi connectivity index (χ3n) is 5.68. The molecule has 1 aromatic heterocycles. The number of fused-ring (bicyclic) bond motifs is 1. The predicted octanol–water partition coefficient (Wildman–Crippen LogP) is 4.69. The lowest BCUT2D eigenvalue weighted by Gasteiger charge is -2.13. The number of aromatic nitrogens is 2. The molecule has 33 heavy (non-hydrogen) atoms. The highest BCUT2D eigenvalue weighted by atomic mass is 16.5. The molecule has 2 N–H and O–H groups in total. The highest BCUT2D eigenvalue weighted by Gasteiger charge is 2.14. The van der Waals surface area contributed by atoms with Gasteiger partial charge >= 0.3 is 5.97 Å². The highest BCUT2D eigenvalue weighted by Crippen LogP contribution is 2.29. The van der Waals surface area contributed by atoms with Gasteiger partial charge in [0, 0.05) is 24.5 Å². The molecule has 3 aromatic carbocycles. The van der Waals surface area contributed by atoms with E-state index in [9.17, 15) is 4.79 Å². The summed E-state index contributed by atoms with van der Waals surface area (Å²) in [6.45, 7) is 5.00. The molecule has 0 unspecified atom stereocenters. The first-order chi connectivity index (χ1) is 16.0. The van der Waals surface area contributed by atoms with Gasteiger partial charge in [-0.05, 0) is 60.4 Å². The maximum Gasteiger partial charge on any atom is 0.310 e. The summed E-state index contributed by atoms with van der Waals surface area (Å²) in [5.74, 6) is 0.422. The van der Waals surface area contributed by atoms with Crippen LogP contribution in [-0.2, 0) is 36.2 Å². The molecular formula is C27H29N3O3. The van der Waals surface area contributed by atoms with Crippen LogP contribution in [0.4, 0.5) is 0 Å². The smallest absolute Gasteiger partial charge is 0.310 e. The van der Waals surface area contributed by atoms with Gasteiger partial charge in [0.05, 0.1) is 24.2 Å². The zero-order chi connectivity index (χ0) is 23.4. The van der Waals surface area contributed by atoms with Crippen LogP contribution in [0.5, 0.6) is 5.75 Å². The van der Waals surface area contributed by atoms with E-state index in [1.807, 2.05) is 55.1 Å². The number of aryl methyl sites for hydroxylation is 2. The summed E-state index contributed by atoms with van der Waals surface area (Å²) in [5, 5.41) is 5.68. The van der Waals surface area contributed by atoms with Gasteiger partial charge in [-0.2, -0.15) is 5.10 Å². The van der Waals surface area contributed by atoms with Gasteiger partial charge < -0.3 is 15.2 Å². The molecule has 0 spiro atoms. The second-order valence-electron chi connectivity index (χ2n) is 8.09. The molecule has 0 saturated carbocycles. The number of hydrogen-bond acceptors (Lipinski definition) is 5. The Morgan fingerprint density at radius 3 is 2.67 bits per heavy atom. The average Bonchev–Trinajstić information content (AvgIpc) is 3.13. The molecule has 0 aliphatic rings. The molecule has 1 heterocycles. The first-order valence-corrected chi connectivity index (χ1v) is 11.1. The van der Waals surface area contributed by atoms with Crippen LogP contribution in [-0.4, -0.2) is 22.4 Å². The molecular weight excluding hydrogens is 414 g/mol. The second-order valence-corrected chi connectivity index (χ2v) is 8.09. The minimum Gasteiger partial charge on any atom is -0.487 e. The largest absolute Gasteiger partial charge is 0.487 e. The third kappa shape index (κ3) is 5.07. The SMILES string of the molecule is CCOC(=O)Cc1ccc(C)cc1OCc1c2cc(-c3cccc(CN)c3)ccc2nn1C. The summed E-state index contributed by atoms with van der Waals surface area (Å²) >= 11 is 0. The number of ether oxygens (including phenoxy) is 2. The minimum absolute atomic E-state index is 0.178. The molecule has 0 aliphatic heterocycles. The molecule has 0 fully saturated rings. The number of carbonyl (C=O) groups is 1. The monoisotopic (exact) mass is 443 g/mol. The minimum atomic E-state index is -0.262. The fourth-order valence-corrected chi connectivity index (χ4v) is 3.94. The van der Waals surface area contributed by atoms with Crippen molar-refractivity contribution in [2.45, 2.75) is 33.4 Å². The Morgan fingerprint density at radius 2 is 1.88 bits per heavy atom. The zero-order valence-electron chi connectivity index (χ0n) is 19.3. The van der Waals surface area contributed by atoms with Crippen LogP contribution in [0.2, 0.25) is 0 Å². The molecule has 0 aliphatic carbocycles. The average molecular weight is 444 g/mol. The van der Waals surface area contributed by atoms with Crippen molar-refractivity contribution >= 4 is 16.9 Å². The summed E-state index contributed by atoms with van der Waals surface area (Å²) in [7, 11) is 1.92. The number of carbonyl (C=O) groups excluding carboxylic acids is 1. The van der Waals surface area contributed by atoms with E-state index < -0.39 is 0 Å². The Bertz CT molecular complexity index is 1290. The topological polar surface area (TPSA) is 79.4 Å². The van der Waals surface area contributed by atoms with Gasteiger partial charge in [0.1, 0.15) is 12.4 Å². The molecule has 6 nitrogen and oxygen atoms in total. The van der Waals surface area contributed by atoms with Crippen LogP contribution in [0.1, 0.15) is 29.3 Å². The Kier molecular flexibility index (Phi) is 6.75. The van der Waals surface area contributed by atoms with E-state index in [0.29, 0.717) is 25.5 Å². The Balaban J connectivity index is 1.64. The van der Waals surface area contributed by atoms with Crippen molar-refractivity contribution in [1.82, 2.24) is 9.78 Å². The van der Waals surface area contributed by atoms with Crippen molar-refractivity contribution < 1.29 is 14.3 Å². The Hall–Kier alpha value is -3.64. The second kappa shape index (κ2) is 9.88. The van der Waals surface area contributed by atoms with E-state index in [4.69, 9.17) is 15.2 Å². The lowest BCUT2D eigenvalue weighted by Crippen LogP contribution is -2.10. The van der Waals surface area contributed by atoms with E-state index in [2.05, 4.69) is 29.4 Å². The summed E-state index contributed by atoms with van der Waals surface area (Å²) in [6.07, 6.45) is 0.178. The van der Waals surface area contributed by atoms with Gasteiger partial charge in [0.2, 0.25) is 0 Å². The van der Waals surface area contributed by atoms with Crippen molar-refractivity contribution in [2.24, 2.45) is 12.8 Å². The number of hydrogen-bond donors (Lipinski definition) is 1. The number of benzene rings is 3. The number of nitrogens with two attached hydrogens (primary N) is 1. The quantitative estimate of drug-likeness (QED) is 0.400. The maximum atomic E-state index is 12.0. The van der Waals surface area contributed by atoms with Gasteiger partial charge in [-0.1, -0.05) is 36.4 Å². The molecule has 0 bridgehead atoms. The van der Waals surface area contributed by atoms with E-state index in [0.717, 1.165) is 44.4 Å². The number of rotatable bonds is 8. The zero-order valence-corrected chi connectivity index (χ0v) is 19.3. The first-order valence-electron chi connectivity index (χ1n) is 11.1. The standard InChI is InChI=1S/C27H29N3O3/c1-4-32-27(31)15-22-9-8-18(2)12-26(22)33-17-25-23-14-21(10-11-24(23)29-30(25)3)20-7-5-6-19(13-20)16-28/h5-14H,4,15-17,28H2,1-3H3. The molecule has 4 aromatic rings. The normalized spacial score (nSPS) is 11.0. The molecule has 0 amide bonds. The fourth-order valence-electron chi connectivity index (χ4n) is 3.94. The van der Waals surface area contributed by atoms with Crippen molar-refractivity contribution in [3.8, 4) is 16.9 Å². The number of esters is 1. The predicted molar refractivity (Wildman–Crippen MR) is 130 cm³/mol. The third-order valence-corrected chi connectivity index (χ3v) is 5.68. The summed E-state index contributed by atoms with van der Waals surface area (Å²) in [4.78, 5) is 12.0. The summed E-state index contributed by atoms with van der Waals surface area (Å²) in [6, 6.07) is 20.4. The van der Waals surface area contributed by atoms with Crippen LogP contribution in [0.15, 0.2) is 60.7 Å². The van der Waals surface area contributed by atoms with Crippen LogP contribution in [0, 0.1) is 6.92 Å². The van der Waals surface area contributed by atoms with Crippen LogP contribution in [0.3, 0.4) is 0 Å². The van der Waals surface area contributed by atoms with Crippen molar-refractivity contribution in [3.63, 3.8) is 0 Å². The summed E-state index contributed by atoms with van der Waals surface area (Å²) < 4.78 is 13.2. The Morgan fingerprint density at radius 1 is 1.06 bits per heavy atom. The lowest BCUT2D eigenvalue weighted by molar-refractivity contribution is -0.142. The van der Waals surface area contributed by atoms with Gasteiger partial charge in [-0.3, -0.25) is 9.48 Å². The molecule has 0 saturated heterocycles. The van der Waals surface area contributed by atoms with Crippen LogP contribution < -0.4 is 10.5 Å². The van der Waals surface area contributed by atoms with Gasteiger partial charge in [0.15, 0.2) is 0 Å². The molecule has 6 heteroatoms. The van der Waals surface area contributed by atoms with Crippen molar-refractivity contribution in [1.29, 1.82) is 0 Å². The van der Waals surface area contributed by atoms with Gasteiger partial charge in [-0.25, -0.2) is 0 Å². The Labute approximate surface area is 193 Å². The molecule has 0 radical (unpaired) electrons. The summed E-state index contributed by atoms with van der Waals surface area (Å²) in [5.41, 5.74) is 12.9. The molecule has 4 rings (SSSR count). The van der Waals surface area contributed by atoms with Crippen molar-refractivity contribution in [2.75, 3.05) is 6.61 Å². The van der Waals surface area contributed by atoms with E-state index >= 15 is 0 Å². The fraction of sp³-hybridized carbons (Fsp3) is 0.259. The van der Waals surface area contributed by atoms with Crippen LogP contribution in [0.25, 0.3) is 22.0 Å². The van der Waals surface area contributed by atoms with E-state index in [-0.39, 0.29) is 12.4 Å². The van der Waals surface area contributed by atoms with Crippen molar-refractivity contribution in [3.05, 3.63) is 83.0 Å². The van der Waals surface area contributed by atoms with Crippen LogP contribution >= 0.6 is 0 Å². The van der Waals surface area contributed by atoms with E-state index in [1.165, 1.54) is 0 Å². The first kappa shape index (κ1) is 22.6.